The van der Waals surface area contributed by atoms with Crippen molar-refractivity contribution in [2.45, 2.75) is 25.8 Å². The SMILES string of the molecule is COc1cc(C(C)NC(=O)c2nc(N3CCCC3)ncc2Cl)ccc1F. The number of benzene rings is 1. The van der Waals surface area contributed by atoms with Crippen molar-refractivity contribution in [3.8, 4) is 5.75 Å². The van der Waals surface area contributed by atoms with Gasteiger partial charge in [-0.25, -0.2) is 14.4 Å². The summed E-state index contributed by atoms with van der Waals surface area (Å²) in [6.45, 7) is 3.53. The Balaban J connectivity index is 1.77. The molecule has 2 aromatic rings. The number of hydrogen-bond acceptors (Lipinski definition) is 5. The van der Waals surface area contributed by atoms with E-state index in [1.807, 2.05) is 4.90 Å². The van der Waals surface area contributed by atoms with Gasteiger partial charge in [-0.15, -0.1) is 0 Å². The maximum atomic E-state index is 13.6. The van der Waals surface area contributed by atoms with Gasteiger partial charge in [0.1, 0.15) is 0 Å². The van der Waals surface area contributed by atoms with Crippen LogP contribution in [-0.4, -0.2) is 36.1 Å². The third-order valence-electron chi connectivity index (χ3n) is 4.36. The summed E-state index contributed by atoms with van der Waals surface area (Å²) in [6, 6.07) is 4.08. The van der Waals surface area contributed by atoms with Crippen molar-refractivity contribution >= 4 is 23.5 Å². The molecule has 1 aromatic heterocycles. The molecule has 1 saturated heterocycles. The Bertz CT molecular complexity index is 812. The number of anilines is 1. The Hall–Kier alpha value is -2.41. The van der Waals surface area contributed by atoms with E-state index in [1.165, 1.54) is 19.4 Å². The molecule has 26 heavy (non-hydrogen) atoms. The summed E-state index contributed by atoms with van der Waals surface area (Å²) < 4.78 is 18.5. The quantitative estimate of drug-likeness (QED) is 0.864. The fourth-order valence-corrected chi connectivity index (χ4v) is 3.06. The van der Waals surface area contributed by atoms with Crippen LogP contribution >= 0.6 is 11.6 Å². The molecule has 1 fully saturated rings. The Kier molecular flexibility index (Phi) is 5.56. The van der Waals surface area contributed by atoms with Crippen LogP contribution < -0.4 is 15.0 Å². The van der Waals surface area contributed by atoms with Crippen molar-refractivity contribution in [3.05, 3.63) is 46.5 Å². The first-order valence-electron chi connectivity index (χ1n) is 8.41. The van der Waals surface area contributed by atoms with E-state index < -0.39 is 11.7 Å². The molecule has 1 atom stereocenters. The van der Waals surface area contributed by atoms with Crippen molar-refractivity contribution in [2.75, 3.05) is 25.1 Å². The summed E-state index contributed by atoms with van der Waals surface area (Å²) in [5, 5.41) is 3.02. The summed E-state index contributed by atoms with van der Waals surface area (Å²) in [5.41, 5.74) is 0.839. The molecule has 0 spiro atoms. The van der Waals surface area contributed by atoms with Crippen LogP contribution in [0.15, 0.2) is 24.4 Å². The van der Waals surface area contributed by atoms with Gasteiger partial charge in [-0.3, -0.25) is 4.79 Å². The van der Waals surface area contributed by atoms with Crippen molar-refractivity contribution < 1.29 is 13.9 Å². The number of nitrogens with one attached hydrogen (secondary N) is 1. The van der Waals surface area contributed by atoms with Crippen LogP contribution in [0.5, 0.6) is 5.75 Å². The van der Waals surface area contributed by atoms with E-state index in [1.54, 1.807) is 19.1 Å². The molecule has 1 amide bonds. The number of methoxy groups -OCH3 is 1. The summed E-state index contributed by atoms with van der Waals surface area (Å²) >= 11 is 6.12. The maximum Gasteiger partial charge on any atom is 0.272 e. The smallest absolute Gasteiger partial charge is 0.272 e. The van der Waals surface area contributed by atoms with Crippen molar-refractivity contribution in [3.63, 3.8) is 0 Å². The van der Waals surface area contributed by atoms with Crippen LogP contribution in [0.3, 0.4) is 0 Å². The zero-order valence-corrected chi connectivity index (χ0v) is 15.4. The Morgan fingerprint density at radius 3 is 2.81 bits per heavy atom. The van der Waals surface area contributed by atoms with Crippen LogP contribution in [0.1, 0.15) is 41.9 Å². The van der Waals surface area contributed by atoms with Gasteiger partial charge >= 0.3 is 0 Å². The molecule has 8 heteroatoms. The minimum atomic E-state index is -0.455. The normalized spacial score (nSPS) is 15.0. The molecule has 1 aliphatic rings. The second-order valence-electron chi connectivity index (χ2n) is 6.15. The second kappa shape index (κ2) is 7.86. The minimum absolute atomic E-state index is 0.125. The van der Waals surface area contributed by atoms with E-state index >= 15 is 0 Å². The molecular weight excluding hydrogens is 359 g/mol. The fourth-order valence-electron chi connectivity index (χ4n) is 2.88. The molecule has 1 aromatic carbocycles. The Labute approximate surface area is 156 Å². The lowest BCUT2D eigenvalue weighted by Gasteiger charge is -2.18. The van der Waals surface area contributed by atoms with E-state index in [2.05, 4.69) is 15.3 Å². The zero-order valence-electron chi connectivity index (χ0n) is 14.6. The highest BCUT2D eigenvalue weighted by Crippen LogP contribution is 2.24. The lowest BCUT2D eigenvalue weighted by molar-refractivity contribution is 0.0935. The number of nitrogens with zero attached hydrogens (tertiary/aromatic N) is 3. The highest BCUT2D eigenvalue weighted by atomic mass is 35.5. The number of amides is 1. The van der Waals surface area contributed by atoms with Crippen LogP contribution in [-0.2, 0) is 0 Å². The Morgan fingerprint density at radius 1 is 1.38 bits per heavy atom. The second-order valence-corrected chi connectivity index (χ2v) is 6.56. The zero-order chi connectivity index (χ0) is 18.7. The first kappa shape index (κ1) is 18.4. The van der Waals surface area contributed by atoms with Gasteiger partial charge in [0.15, 0.2) is 17.3 Å². The third-order valence-corrected chi connectivity index (χ3v) is 4.63. The molecule has 0 aliphatic carbocycles. The maximum absolute atomic E-state index is 13.6. The highest BCUT2D eigenvalue weighted by molar-refractivity contribution is 6.33. The van der Waals surface area contributed by atoms with E-state index in [0.29, 0.717) is 11.5 Å². The van der Waals surface area contributed by atoms with E-state index in [4.69, 9.17) is 16.3 Å². The van der Waals surface area contributed by atoms with E-state index in [-0.39, 0.29) is 22.5 Å². The monoisotopic (exact) mass is 378 g/mol. The number of rotatable bonds is 5. The van der Waals surface area contributed by atoms with Gasteiger partial charge in [0, 0.05) is 13.1 Å². The molecular formula is C18H20ClFN4O2. The summed E-state index contributed by atoms with van der Waals surface area (Å²) in [4.78, 5) is 23.2. The number of halogens is 2. The highest BCUT2D eigenvalue weighted by Gasteiger charge is 2.21. The molecule has 1 unspecified atom stereocenters. The topological polar surface area (TPSA) is 67.3 Å². The number of aromatic nitrogens is 2. The third kappa shape index (κ3) is 3.88. The molecule has 1 N–H and O–H groups in total. The molecule has 1 aliphatic heterocycles. The summed E-state index contributed by atoms with van der Waals surface area (Å²) in [7, 11) is 1.39. The molecule has 6 nitrogen and oxygen atoms in total. The number of ether oxygens (including phenoxy) is 1. The molecule has 0 bridgehead atoms. The van der Waals surface area contributed by atoms with Crippen molar-refractivity contribution in [1.29, 1.82) is 0 Å². The van der Waals surface area contributed by atoms with Crippen LogP contribution in [0.2, 0.25) is 5.02 Å². The van der Waals surface area contributed by atoms with Crippen LogP contribution in [0, 0.1) is 5.82 Å². The van der Waals surface area contributed by atoms with Crippen molar-refractivity contribution in [1.82, 2.24) is 15.3 Å². The lowest BCUT2D eigenvalue weighted by Crippen LogP contribution is -2.29. The average molecular weight is 379 g/mol. The predicted octanol–water partition coefficient (Wildman–Crippen LogP) is 3.37. The van der Waals surface area contributed by atoms with Gasteiger partial charge in [-0.1, -0.05) is 17.7 Å². The molecule has 138 valence electrons. The molecule has 0 radical (unpaired) electrons. The van der Waals surface area contributed by atoms with Crippen LogP contribution in [0.25, 0.3) is 0 Å². The van der Waals surface area contributed by atoms with Crippen LogP contribution in [0.4, 0.5) is 10.3 Å². The summed E-state index contributed by atoms with van der Waals surface area (Å²) in [6.07, 6.45) is 3.61. The average Bonchev–Trinajstić information content (AvgIpc) is 3.17. The number of hydrogen-bond donors (Lipinski definition) is 1. The standard InChI is InChI=1S/C18H20ClFN4O2/c1-11(12-5-6-14(20)15(9-12)26-2)22-17(25)16-13(19)10-21-18(23-16)24-7-3-4-8-24/h5-6,9-11H,3-4,7-8H2,1-2H3,(H,22,25). The number of carbonyl (C=O) groups excluding carboxylic acids is 1. The van der Waals surface area contributed by atoms with Gasteiger partial charge < -0.3 is 15.0 Å². The predicted molar refractivity (Wildman–Crippen MR) is 97.3 cm³/mol. The molecule has 0 saturated carbocycles. The largest absolute Gasteiger partial charge is 0.494 e. The first-order valence-corrected chi connectivity index (χ1v) is 8.79. The van der Waals surface area contributed by atoms with Crippen molar-refractivity contribution in [2.24, 2.45) is 0 Å². The Morgan fingerprint density at radius 2 is 2.12 bits per heavy atom. The van der Waals surface area contributed by atoms with Gasteiger partial charge in [0.25, 0.3) is 5.91 Å². The molecule has 3 rings (SSSR count). The fraction of sp³-hybridized carbons (Fsp3) is 0.389. The van der Waals surface area contributed by atoms with Gasteiger partial charge in [0.05, 0.1) is 24.4 Å². The van der Waals surface area contributed by atoms with Gasteiger partial charge in [-0.2, -0.15) is 0 Å². The minimum Gasteiger partial charge on any atom is -0.494 e. The first-order chi connectivity index (χ1) is 12.5. The molecule has 2 heterocycles. The van der Waals surface area contributed by atoms with E-state index in [9.17, 15) is 9.18 Å². The van der Waals surface area contributed by atoms with Gasteiger partial charge in [0.2, 0.25) is 5.95 Å². The van der Waals surface area contributed by atoms with Gasteiger partial charge in [-0.05, 0) is 37.5 Å². The van der Waals surface area contributed by atoms with E-state index in [0.717, 1.165) is 25.9 Å². The number of carbonyl (C=O) groups is 1. The summed E-state index contributed by atoms with van der Waals surface area (Å²) in [5.74, 6) is -0.231. The lowest BCUT2D eigenvalue weighted by atomic mass is 10.1.